The SMILES string of the molecule is CCCNC(C)(C#N)CCN1CC2CCC(C1)O2. The van der Waals surface area contributed by atoms with Crippen molar-refractivity contribution in [3.8, 4) is 6.07 Å². The first kappa shape index (κ1) is 13.8. The van der Waals surface area contributed by atoms with Crippen molar-refractivity contribution in [3.05, 3.63) is 0 Å². The van der Waals surface area contributed by atoms with Crippen LogP contribution in [-0.2, 0) is 4.74 Å². The van der Waals surface area contributed by atoms with E-state index in [1.807, 2.05) is 6.92 Å². The Morgan fingerprint density at radius 1 is 1.39 bits per heavy atom. The molecule has 2 saturated heterocycles. The van der Waals surface area contributed by atoms with E-state index in [1.165, 1.54) is 12.8 Å². The highest BCUT2D eigenvalue weighted by Crippen LogP contribution is 2.26. The first-order chi connectivity index (χ1) is 8.65. The summed E-state index contributed by atoms with van der Waals surface area (Å²) in [7, 11) is 0. The van der Waals surface area contributed by atoms with Gasteiger partial charge in [0.1, 0.15) is 5.54 Å². The van der Waals surface area contributed by atoms with E-state index in [0.717, 1.165) is 39.0 Å². The zero-order valence-electron chi connectivity index (χ0n) is 11.6. The lowest BCUT2D eigenvalue weighted by atomic mass is 9.99. The number of ether oxygens (including phenoxy) is 1. The van der Waals surface area contributed by atoms with Crippen molar-refractivity contribution < 1.29 is 4.74 Å². The summed E-state index contributed by atoms with van der Waals surface area (Å²) in [6, 6.07) is 2.42. The summed E-state index contributed by atoms with van der Waals surface area (Å²) in [6.45, 7) is 8.15. The summed E-state index contributed by atoms with van der Waals surface area (Å²) in [5.41, 5.74) is -0.382. The Morgan fingerprint density at radius 3 is 2.61 bits per heavy atom. The Bertz CT molecular complexity index is 303. The van der Waals surface area contributed by atoms with Crippen molar-refractivity contribution in [1.29, 1.82) is 5.26 Å². The molecule has 3 atom stereocenters. The van der Waals surface area contributed by atoms with E-state index in [1.54, 1.807) is 0 Å². The van der Waals surface area contributed by atoms with E-state index in [4.69, 9.17) is 4.74 Å². The summed E-state index contributed by atoms with van der Waals surface area (Å²) >= 11 is 0. The van der Waals surface area contributed by atoms with Gasteiger partial charge < -0.3 is 4.74 Å². The molecule has 0 amide bonds. The molecule has 2 heterocycles. The summed E-state index contributed by atoms with van der Waals surface area (Å²) in [6.07, 6.45) is 5.28. The Labute approximate surface area is 110 Å². The van der Waals surface area contributed by atoms with Crippen LogP contribution in [0.1, 0.15) is 39.5 Å². The van der Waals surface area contributed by atoms with Crippen molar-refractivity contribution in [1.82, 2.24) is 10.2 Å². The number of nitriles is 1. The third-order valence-corrected chi connectivity index (χ3v) is 4.06. The number of hydrogen-bond acceptors (Lipinski definition) is 4. The van der Waals surface area contributed by atoms with E-state index >= 15 is 0 Å². The number of hydrogen-bond donors (Lipinski definition) is 1. The van der Waals surface area contributed by atoms with E-state index in [0.29, 0.717) is 12.2 Å². The summed E-state index contributed by atoms with van der Waals surface area (Å²) < 4.78 is 5.83. The van der Waals surface area contributed by atoms with Gasteiger partial charge in [-0.1, -0.05) is 6.92 Å². The van der Waals surface area contributed by atoms with Crippen LogP contribution in [0.5, 0.6) is 0 Å². The third kappa shape index (κ3) is 3.44. The van der Waals surface area contributed by atoms with Crippen LogP contribution in [0.25, 0.3) is 0 Å². The fraction of sp³-hybridized carbons (Fsp3) is 0.929. The van der Waals surface area contributed by atoms with Gasteiger partial charge in [-0.25, -0.2) is 0 Å². The smallest absolute Gasteiger partial charge is 0.105 e. The quantitative estimate of drug-likeness (QED) is 0.777. The maximum atomic E-state index is 9.30. The largest absolute Gasteiger partial charge is 0.372 e. The van der Waals surface area contributed by atoms with Crippen LogP contribution in [0.2, 0.25) is 0 Å². The summed E-state index contributed by atoms with van der Waals surface area (Å²) in [5.74, 6) is 0. The molecule has 2 rings (SSSR count). The van der Waals surface area contributed by atoms with E-state index < -0.39 is 0 Å². The molecule has 2 aliphatic heterocycles. The van der Waals surface area contributed by atoms with Gasteiger partial charge in [0, 0.05) is 19.6 Å². The predicted molar refractivity (Wildman–Crippen MR) is 71.3 cm³/mol. The molecule has 0 radical (unpaired) electrons. The van der Waals surface area contributed by atoms with E-state index in [-0.39, 0.29) is 5.54 Å². The zero-order valence-corrected chi connectivity index (χ0v) is 11.6. The molecular weight excluding hydrogens is 226 g/mol. The highest BCUT2D eigenvalue weighted by atomic mass is 16.5. The number of nitrogens with zero attached hydrogens (tertiary/aromatic N) is 2. The maximum absolute atomic E-state index is 9.30. The first-order valence-electron chi connectivity index (χ1n) is 7.19. The highest BCUT2D eigenvalue weighted by molar-refractivity contribution is 5.04. The molecule has 0 spiro atoms. The van der Waals surface area contributed by atoms with Gasteiger partial charge in [0.15, 0.2) is 0 Å². The van der Waals surface area contributed by atoms with Gasteiger partial charge in [0.05, 0.1) is 18.3 Å². The fourth-order valence-corrected chi connectivity index (χ4v) is 2.85. The van der Waals surface area contributed by atoms with Crippen LogP contribution in [0.15, 0.2) is 0 Å². The monoisotopic (exact) mass is 251 g/mol. The van der Waals surface area contributed by atoms with Crippen LogP contribution in [0.3, 0.4) is 0 Å². The average molecular weight is 251 g/mol. The minimum atomic E-state index is -0.382. The second-order valence-electron chi connectivity index (χ2n) is 5.84. The maximum Gasteiger partial charge on any atom is 0.105 e. The molecule has 18 heavy (non-hydrogen) atoms. The molecule has 2 bridgehead atoms. The standard InChI is InChI=1S/C14H25N3O/c1-3-7-16-14(2,11-15)6-8-17-9-12-4-5-13(10-17)18-12/h12-13,16H,3-10H2,1-2H3. The average Bonchev–Trinajstić information content (AvgIpc) is 2.73. The Balaban J connectivity index is 1.78. The minimum Gasteiger partial charge on any atom is -0.372 e. The Hall–Kier alpha value is -0.630. The number of nitrogens with one attached hydrogen (secondary N) is 1. The van der Waals surface area contributed by atoms with Gasteiger partial charge in [0.25, 0.3) is 0 Å². The van der Waals surface area contributed by atoms with Gasteiger partial charge in [-0.2, -0.15) is 5.26 Å². The van der Waals surface area contributed by atoms with Crippen molar-refractivity contribution >= 4 is 0 Å². The van der Waals surface area contributed by atoms with Crippen molar-refractivity contribution in [2.24, 2.45) is 0 Å². The van der Waals surface area contributed by atoms with Crippen molar-refractivity contribution in [3.63, 3.8) is 0 Å². The van der Waals surface area contributed by atoms with Gasteiger partial charge >= 0.3 is 0 Å². The van der Waals surface area contributed by atoms with Crippen molar-refractivity contribution in [2.45, 2.75) is 57.3 Å². The molecule has 1 N–H and O–H groups in total. The molecule has 0 aliphatic carbocycles. The lowest BCUT2D eigenvalue weighted by Crippen LogP contribution is -2.48. The van der Waals surface area contributed by atoms with Crippen LogP contribution in [0.4, 0.5) is 0 Å². The lowest BCUT2D eigenvalue weighted by molar-refractivity contribution is -0.0395. The molecule has 2 fully saturated rings. The van der Waals surface area contributed by atoms with Crippen LogP contribution < -0.4 is 5.32 Å². The molecule has 3 unspecified atom stereocenters. The van der Waals surface area contributed by atoms with E-state index in [2.05, 4.69) is 23.2 Å². The number of rotatable bonds is 6. The third-order valence-electron chi connectivity index (χ3n) is 4.06. The second-order valence-corrected chi connectivity index (χ2v) is 5.84. The fourth-order valence-electron chi connectivity index (χ4n) is 2.85. The molecule has 4 nitrogen and oxygen atoms in total. The molecule has 0 aromatic carbocycles. The molecule has 4 heteroatoms. The van der Waals surface area contributed by atoms with Gasteiger partial charge in [-0.15, -0.1) is 0 Å². The van der Waals surface area contributed by atoms with Gasteiger partial charge in [-0.05, 0) is 39.2 Å². The van der Waals surface area contributed by atoms with Gasteiger partial charge in [0.2, 0.25) is 0 Å². The molecule has 0 aromatic heterocycles. The van der Waals surface area contributed by atoms with Crippen LogP contribution in [-0.4, -0.2) is 48.8 Å². The zero-order chi connectivity index (χ0) is 13.0. The van der Waals surface area contributed by atoms with Crippen LogP contribution >= 0.6 is 0 Å². The summed E-state index contributed by atoms with van der Waals surface area (Å²) in [4.78, 5) is 2.47. The number of likely N-dealkylation sites (tertiary alicyclic amines) is 1. The van der Waals surface area contributed by atoms with E-state index in [9.17, 15) is 5.26 Å². The minimum absolute atomic E-state index is 0.382. The predicted octanol–water partition coefficient (Wildman–Crippen LogP) is 1.52. The molecule has 2 aliphatic rings. The lowest BCUT2D eigenvalue weighted by Gasteiger charge is -2.34. The number of morpholine rings is 1. The first-order valence-corrected chi connectivity index (χ1v) is 7.19. The number of fused-ring (bicyclic) bond motifs is 2. The topological polar surface area (TPSA) is 48.3 Å². The summed E-state index contributed by atoms with van der Waals surface area (Å²) in [5, 5.41) is 12.7. The van der Waals surface area contributed by atoms with Crippen LogP contribution in [0, 0.1) is 11.3 Å². The molecule has 0 aromatic rings. The Kier molecular flexibility index (Phi) is 4.60. The molecular formula is C14H25N3O. The normalized spacial score (nSPS) is 30.9. The Morgan fingerprint density at radius 2 is 2.06 bits per heavy atom. The second kappa shape index (κ2) is 6.01. The van der Waals surface area contributed by atoms with Crippen molar-refractivity contribution in [2.75, 3.05) is 26.2 Å². The molecule has 0 saturated carbocycles. The van der Waals surface area contributed by atoms with Gasteiger partial charge in [-0.3, -0.25) is 10.2 Å². The highest BCUT2D eigenvalue weighted by Gasteiger charge is 2.34. The molecule has 102 valence electrons.